The van der Waals surface area contributed by atoms with Crippen molar-refractivity contribution >= 4 is 0 Å². The Morgan fingerprint density at radius 1 is 0.765 bits per heavy atom. The van der Waals surface area contributed by atoms with E-state index in [1.165, 1.54) is 25.9 Å². The minimum Gasteiger partial charge on any atom is -0.317 e. The Kier molecular flexibility index (Phi) is 2.72. The van der Waals surface area contributed by atoms with Crippen LogP contribution in [-0.2, 0) is 0 Å². The first kappa shape index (κ1) is 10.8. The Morgan fingerprint density at radius 3 is 1.94 bits per heavy atom. The lowest BCUT2D eigenvalue weighted by molar-refractivity contribution is -0.0470. The van der Waals surface area contributed by atoms with Gasteiger partial charge < -0.3 is 5.32 Å². The fourth-order valence-electron chi connectivity index (χ4n) is 5.93. The van der Waals surface area contributed by atoms with Crippen molar-refractivity contribution in [2.75, 3.05) is 13.1 Å². The van der Waals surface area contributed by atoms with Gasteiger partial charge in [-0.05, 0) is 100.0 Å². The Bertz CT molecular complexity index is 251. The Balaban J connectivity index is 1.43. The van der Waals surface area contributed by atoms with Crippen molar-refractivity contribution < 1.29 is 0 Å². The van der Waals surface area contributed by atoms with Crippen LogP contribution in [-0.4, -0.2) is 13.1 Å². The maximum atomic E-state index is 3.52. The molecule has 1 heterocycles. The van der Waals surface area contributed by atoms with Crippen molar-refractivity contribution in [1.82, 2.24) is 5.32 Å². The SMILES string of the molecule is C1CC(CC2C3CC4CC(C3)CC2C4)CCN1. The molecule has 0 radical (unpaired) electrons. The third kappa shape index (κ3) is 1.95. The highest BCUT2D eigenvalue weighted by atomic mass is 14.9. The lowest BCUT2D eigenvalue weighted by Crippen LogP contribution is -2.46. The molecular formula is C16H27N. The van der Waals surface area contributed by atoms with Gasteiger partial charge in [0.25, 0.3) is 0 Å². The molecule has 5 aliphatic rings. The van der Waals surface area contributed by atoms with E-state index in [-0.39, 0.29) is 0 Å². The number of rotatable bonds is 2. The molecular weight excluding hydrogens is 206 g/mol. The van der Waals surface area contributed by atoms with Crippen LogP contribution in [0.15, 0.2) is 0 Å². The van der Waals surface area contributed by atoms with E-state index < -0.39 is 0 Å². The van der Waals surface area contributed by atoms with Crippen LogP contribution in [0.25, 0.3) is 0 Å². The second-order valence-electron chi connectivity index (χ2n) is 7.52. The fourth-order valence-corrected chi connectivity index (χ4v) is 5.93. The van der Waals surface area contributed by atoms with Gasteiger partial charge in [0.05, 0.1) is 0 Å². The molecule has 0 amide bonds. The number of nitrogens with one attached hydrogen (secondary N) is 1. The summed E-state index contributed by atoms with van der Waals surface area (Å²) in [5, 5.41) is 3.52. The molecule has 96 valence electrons. The topological polar surface area (TPSA) is 12.0 Å². The van der Waals surface area contributed by atoms with E-state index in [2.05, 4.69) is 5.32 Å². The molecule has 1 N–H and O–H groups in total. The molecule has 4 saturated carbocycles. The molecule has 4 bridgehead atoms. The van der Waals surface area contributed by atoms with Crippen LogP contribution in [0.3, 0.4) is 0 Å². The summed E-state index contributed by atoms with van der Waals surface area (Å²) in [5.74, 6) is 6.83. The number of piperidine rings is 1. The number of hydrogen-bond acceptors (Lipinski definition) is 1. The summed E-state index contributed by atoms with van der Waals surface area (Å²) in [7, 11) is 0. The molecule has 0 aromatic heterocycles. The summed E-state index contributed by atoms with van der Waals surface area (Å²) in [5.41, 5.74) is 0. The van der Waals surface area contributed by atoms with E-state index in [9.17, 15) is 0 Å². The summed E-state index contributed by atoms with van der Waals surface area (Å²) in [6.07, 6.45) is 12.6. The third-order valence-corrected chi connectivity index (χ3v) is 6.49. The largest absolute Gasteiger partial charge is 0.317 e. The quantitative estimate of drug-likeness (QED) is 0.770. The van der Waals surface area contributed by atoms with Gasteiger partial charge in [0.15, 0.2) is 0 Å². The lowest BCUT2D eigenvalue weighted by Gasteiger charge is -2.55. The molecule has 4 aliphatic carbocycles. The third-order valence-electron chi connectivity index (χ3n) is 6.49. The van der Waals surface area contributed by atoms with E-state index in [1.54, 1.807) is 38.5 Å². The zero-order chi connectivity index (χ0) is 11.2. The van der Waals surface area contributed by atoms with Crippen molar-refractivity contribution in [3.63, 3.8) is 0 Å². The number of hydrogen-bond donors (Lipinski definition) is 1. The van der Waals surface area contributed by atoms with Crippen LogP contribution in [0.2, 0.25) is 0 Å². The average Bonchev–Trinajstić information content (AvgIpc) is 2.34. The van der Waals surface area contributed by atoms with Crippen LogP contribution < -0.4 is 5.32 Å². The summed E-state index contributed by atoms with van der Waals surface area (Å²) >= 11 is 0. The van der Waals surface area contributed by atoms with Gasteiger partial charge in [0, 0.05) is 0 Å². The van der Waals surface area contributed by atoms with E-state index >= 15 is 0 Å². The van der Waals surface area contributed by atoms with Crippen molar-refractivity contribution in [1.29, 1.82) is 0 Å². The predicted molar refractivity (Wildman–Crippen MR) is 70.7 cm³/mol. The van der Waals surface area contributed by atoms with E-state index in [0.29, 0.717) is 0 Å². The second-order valence-corrected chi connectivity index (χ2v) is 7.52. The molecule has 5 fully saturated rings. The van der Waals surface area contributed by atoms with Crippen LogP contribution in [0.5, 0.6) is 0 Å². The summed E-state index contributed by atoms with van der Waals surface area (Å²) in [4.78, 5) is 0. The van der Waals surface area contributed by atoms with Crippen LogP contribution in [0.1, 0.15) is 51.4 Å². The molecule has 1 aliphatic heterocycles. The predicted octanol–water partition coefficient (Wildman–Crippen LogP) is 3.45. The standard InChI is InChI=1S/C16H27N/c1-3-17-4-2-11(1)10-16-14-6-12-5-13(8-14)9-15(16)7-12/h11-17H,1-10H2. The Morgan fingerprint density at radius 2 is 1.35 bits per heavy atom. The van der Waals surface area contributed by atoms with Gasteiger partial charge in [-0.1, -0.05) is 0 Å². The molecule has 0 spiro atoms. The molecule has 17 heavy (non-hydrogen) atoms. The fraction of sp³-hybridized carbons (Fsp3) is 1.00. The van der Waals surface area contributed by atoms with Crippen LogP contribution in [0.4, 0.5) is 0 Å². The van der Waals surface area contributed by atoms with Gasteiger partial charge in [-0.2, -0.15) is 0 Å². The van der Waals surface area contributed by atoms with Gasteiger partial charge in [0.1, 0.15) is 0 Å². The van der Waals surface area contributed by atoms with Crippen LogP contribution >= 0.6 is 0 Å². The van der Waals surface area contributed by atoms with E-state index in [4.69, 9.17) is 0 Å². The molecule has 0 aromatic rings. The average molecular weight is 233 g/mol. The monoisotopic (exact) mass is 233 g/mol. The highest BCUT2D eigenvalue weighted by molar-refractivity contribution is 4.98. The molecule has 0 unspecified atom stereocenters. The molecule has 1 saturated heterocycles. The van der Waals surface area contributed by atoms with Gasteiger partial charge in [0.2, 0.25) is 0 Å². The first-order valence-electron chi connectivity index (χ1n) is 8.09. The first-order chi connectivity index (χ1) is 8.38. The highest BCUT2D eigenvalue weighted by Gasteiger charge is 2.48. The molecule has 5 rings (SSSR count). The zero-order valence-electron chi connectivity index (χ0n) is 11.0. The summed E-state index contributed by atoms with van der Waals surface area (Å²) in [6, 6.07) is 0. The smallest absolute Gasteiger partial charge is 0.00463 e. The second kappa shape index (κ2) is 4.26. The van der Waals surface area contributed by atoms with Gasteiger partial charge in [-0.15, -0.1) is 0 Å². The zero-order valence-corrected chi connectivity index (χ0v) is 11.0. The van der Waals surface area contributed by atoms with Crippen molar-refractivity contribution in [3.8, 4) is 0 Å². The lowest BCUT2D eigenvalue weighted by atomic mass is 9.50. The molecule has 1 heteroatoms. The molecule has 0 aromatic carbocycles. The summed E-state index contributed by atoms with van der Waals surface area (Å²) < 4.78 is 0. The first-order valence-corrected chi connectivity index (χ1v) is 8.09. The summed E-state index contributed by atoms with van der Waals surface area (Å²) in [6.45, 7) is 2.58. The maximum absolute atomic E-state index is 3.52. The van der Waals surface area contributed by atoms with Crippen molar-refractivity contribution in [2.45, 2.75) is 51.4 Å². The van der Waals surface area contributed by atoms with E-state index in [0.717, 1.165) is 35.5 Å². The van der Waals surface area contributed by atoms with Gasteiger partial charge in [-0.3, -0.25) is 0 Å². The minimum atomic E-state index is 1.07. The molecule has 1 nitrogen and oxygen atoms in total. The maximum Gasteiger partial charge on any atom is -0.00463 e. The van der Waals surface area contributed by atoms with Crippen LogP contribution in [0, 0.1) is 35.5 Å². The highest BCUT2D eigenvalue weighted by Crippen LogP contribution is 2.58. The van der Waals surface area contributed by atoms with Crippen molar-refractivity contribution in [2.24, 2.45) is 35.5 Å². The minimum absolute atomic E-state index is 1.07. The van der Waals surface area contributed by atoms with Crippen molar-refractivity contribution in [3.05, 3.63) is 0 Å². The normalized spacial score (nSPS) is 49.8. The Labute approximate surface area is 106 Å². The Hall–Kier alpha value is -0.0400. The van der Waals surface area contributed by atoms with Gasteiger partial charge in [-0.25, -0.2) is 0 Å². The molecule has 0 atom stereocenters. The van der Waals surface area contributed by atoms with E-state index in [1.807, 2.05) is 0 Å². The van der Waals surface area contributed by atoms with Gasteiger partial charge >= 0.3 is 0 Å².